The first-order valence-electron chi connectivity index (χ1n) is 5.71. The molecule has 0 aliphatic heterocycles. The van der Waals surface area contributed by atoms with E-state index in [1.54, 1.807) is 12.1 Å². The van der Waals surface area contributed by atoms with E-state index in [0.29, 0.717) is 0 Å². The molecular formula is C13H8BrCl2NO4S. The molecule has 0 aromatic heterocycles. The molecule has 0 radical (unpaired) electrons. The molecule has 2 rings (SSSR count). The van der Waals surface area contributed by atoms with Crippen molar-refractivity contribution < 1.29 is 18.3 Å². The standard InChI is InChI=1S/C13H8BrCl2NO4S/c14-8-1-3-9(4-2-8)22(20,21)17-11-6-7(13(18)19)5-10(15)12(11)16/h1-6,17H,(H,18,19). The second-order valence-electron chi connectivity index (χ2n) is 4.18. The minimum Gasteiger partial charge on any atom is -0.478 e. The van der Waals surface area contributed by atoms with Gasteiger partial charge in [0.05, 0.1) is 26.2 Å². The van der Waals surface area contributed by atoms with Crippen molar-refractivity contribution in [1.29, 1.82) is 0 Å². The van der Waals surface area contributed by atoms with E-state index in [2.05, 4.69) is 20.7 Å². The summed E-state index contributed by atoms with van der Waals surface area (Å²) in [5.74, 6) is -1.25. The van der Waals surface area contributed by atoms with Gasteiger partial charge in [0, 0.05) is 4.47 Å². The Morgan fingerprint density at radius 2 is 1.73 bits per heavy atom. The second kappa shape index (κ2) is 6.45. The molecule has 0 saturated heterocycles. The average molecular weight is 425 g/mol. The summed E-state index contributed by atoms with van der Waals surface area (Å²) >= 11 is 15.0. The lowest BCUT2D eigenvalue weighted by Gasteiger charge is -2.11. The van der Waals surface area contributed by atoms with Crippen molar-refractivity contribution in [3.8, 4) is 0 Å². The summed E-state index contributed by atoms with van der Waals surface area (Å²) in [5, 5.41) is 8.85. The van der Waals surface area contributed by atoms with Crippen LogP contribution in [0.3, 0.4) is 0 Å². The molecule has 0 heterocycles. The van der Waals surface area contributed by atoms with Crippen LogP contribution in [0.1, 0.15) is 10.4 Å². The fourth-order valence-corrected chi connectivity index (χ4v) is 3.36. The van der Waals surface area contributed by atoms with E-state index in [1.165, 1.54) is 12.1 Å². The predicted octanol–water partition coefficient (Wildman–Crippen LogP) is 4.25. The van der Waals surface area contributed by atoms with E-state index in [4.69, 9.17) is 28.3 Å². The Kier molecular flexibility index (Phi) is 5.01. The molecule has 0 aliphatic rings. The van der Waals surface area contributed by atoms with E-state index < -0.39 is 16.0 Å². The fourth-order valence-electron chi connectivity index (χ4n) is 1.60. The third kappa shape index (κ3) is 3.73. The third-order valence-electron chi connectivity index (χ3n) is 2.64. The van der Waals surface area contributed by atoms with Crippen molar-refractivity contribution in [1.82, 2.24) is 0 Å². The van der Waals surface area contributed by atoms with Crippen molar-refractivity contribution in [2.45, 2.75) is 4.90 Å². The Labute approximate surface area is 145 Å². The Morgan fingerprint density at radius 3 is 2.27 bits per heavy atom. The van der Waals surface area contributed by atoms with Gasteiger partial charge < -0.3 is 5.11 Å². The van der Waals surface area contributed by atoms with Gasteiger partial charge in [0.2, 0.25) is 0 Å². The van der Waals surface area contributed by atoms with E-state index in [-0.39, 0.29) is 26.2 Å². The number of carbonyl (C=O) groups is 1. The van der Waals surface area contributed by atoms with Gasteiger partial charge in [-0.1, -0.05) is 39.1 Å². The van der Waals surface area contributed by atoms with Gasteiger partial charge in [-0.05, 0) is 36.4 Å². The van der Waals surface area contributed by atoms with Gasteiger partial charge in [-0.25, -0.2) is 13.2 Å². The number of carboxylic acid groups (broad SMARTS) is 1. The van der Waals surface area contributed by atoms with Crippen LogP contribution in [0.25, 0.3) is 0 Å². The monoisotopic (exact) mass is 423 g/mol. The molecule has 0 bridgehead atoms. The van der Waals surface area contributed by atoms with Crippen LogP contribution in [0.5, 0.6) is 0 Å². The molecule has 22 heavy (non-hydrogen) atoms. The molecule has 9 heteroatoms. The number of hydrogen-bond acceptors (Lipinski definition) is 3. The Bertz CT molecular complexity index is 838. The summed E-state index contributed by atoms with van der Waals surface area (Å²) in [7, 11) is -3.92. The smallest absolute Gasteiger partial charge is 0.335 e. The zero-order chi connectivity index (χ0) is 16.5. The molecule has 0 aliphatic carbocycles. The van der Waals surface area contributed by atoms with Crippen LogP contribution in [0.15, 0.2) is 45.8 Å². The highest BCUT2D eigenvalue weighted by Crippen LogP contribution is 2.33. The maximum atomic E-state index is 12.3. The highest BCUT2D eigenvalue weighted by atomic mass is 79.9. The summed E-state index contributed by atoms with van der Waals surface area (Å²) in [5.41, 5.74) is -0.280. The highest BCUT2D eigenvalue weighted by molar-refractivity contribution is 9.10. The third-order valence-corrected chi connectivity index (χ3v) is 5.36. The van der Waals surface area contributed by atoms with E-state index >= 15 is 0 Å². The summed E-state index contributed by atoms with van der Waals surface area (Å²) in [4.78, 5) is 11.0. The van der Waals surface area contributed by atoms with Gasteiger partial charge in [-0.15, -0.1) is 0 Å². The minimum absolute atomic E-state index is 0.00335. The summed E-state index contributed by atoms with van der Waals surface area (Å²) in [6, 6.07) is 8.16. The SMILES string of the molecule is O=C(O)c1cc(Cl)c(Cl)c(NS(=O)(=O)c2ccc(Br)cc2)c1. The maximum absolute atomic E-state index is 12.3. The lowest BCUT2D eigenvalue weighted by Crippen LogP contribution is -2.14. The van der Waals surface area contributed by atoms with Gasteiger partial charge in [-0.3, -0.25) is 4.72 Å². The van der Waals surface area contributed by atoms with Crippen molar-refractivity contribution in [2.75, 3.05) is 4.72 Å². The highest BCUT2D eigenvalue weighted by Gasteiger charge is 2.19. The molecule has 0 amide bonds. The second-order valence-corrected chi connectivity index (χ2v) is 7.57. The van der Waals surface area contributed by atoms with E-state index in [9.17, 15) is 13.2 Å². The van der Waals surface area contributed by atoms with Gasteiger partial charge >= 0.3 is 5.97 Å². The number of rotatable bonds is 4. The topological polar surface area (TPSA) is 83.5 Å². The number of halogens is 3. The molecule has 5 nitrogen and oxygen atoms in total. The fraction of sp³-hybridized carbons (Fsp3) is 0. The summed E-state index contributed by atoms with van der Waals surface area (Å²) in [6.07, 6.45) is 0. The van der Waals surface area contributed by atoms with Crippen molar-refractivity contribution in [3.05, 3.63) is 56.5 Å². The molecule has 2 aromatic rings. The zero-order valence-corrected chi connectivity index (χ0v) is 14.6. The molecule has 0 atom stereocenters. The van der Waals surface area contributed by atoms with Crippen LogP contribution >= 0.6 is 39.1 Å². The van der Waals surface area contributed by atoms with E-state index in [0.717, 1.165) is 16.6 Å². The summed E-state index contributed by atoms with van der Waals surface area (Å²) in [6.45, 7) is 0. The number of hydrogen-bond donors (Lipinski definition) is 2. The van der Waals surface area contributed by atoms with Crippen molar-refractivity contribution in [2.24, 2.45) is 0 Å². The largest absolute Gasteiger partial charge is 0.478 e. The lowest BCUT2D eigenvalue weighted by molar-refractivity contribution is 0.0697. The average Bonchev–Trinajstić information content (AvgIpc) is 2.43. The summed E-state index contributed by atoms with van der Waals surface area (Å²) < 4.78 is 27.5. The number of aromatic carboxylic acids is 1. The zero-order valence-electron chi connectivity index (χ0n) is 10.7. The molecule has 0 saturated carbocycles. The molecule has 0 fully saturated rings. The van der Waals surface area contributed by atoms with Crippen LogP contribution in [0, 0.1) is 0 Å². The van der Waals surface area contributed by atoms with Crippen molar-refractivity contribution in [3.63, 3.8) is 0 Å². The van der Waals surface area contributed by atoms with Crippen LogP contribution in [0.2, 0.25) is 10.0 Å². The minimum atomic E-state index is -3.92. The number of nitrogens with one attached hydrogen (secondary N) is 1. The van der Waals surface area contributed by atoms with Crippen LogP contribution in [-0.2, 0) is 10.0 Å². The molecule has 2 N–H and O–H groups in total. The van der Waals surface area contributed by atoms with Crippen LogP contribution in [0.4, 0.5) is 5.69 Å². The number of sulfonamides is 1. The van der Waals surface area contributed by atoms with Crippen LogP contribution < -0.4 is 4.72 Å². The van der Waals surface area contributed by atoms with Gasteiger partial charge in [0.25, 0.3) is 10.0 Å². The normalized spacial score (nSPS) is 11.2. The van der Waals surface area contributed by atoms with Gasteiger partial charge in [-0.2, -0.15) is 0 Å². The number of benzene rings is 2. The molecule has 0 unspecified atom stereocenters. The molecular weight excluding hydrogens is 417 g/mol. The maximum Gasteiger partial charge on any atom is 0.335 e. The number of anilines is 1. The molecule has 2 aromatic carbocycles. The Hall–Kier alpha value is -1.28. The first-order chi connectivity index (χ1) is 10.2. The van der Waals surface area contributed by atoms with Gasteiger partial charge in [0.15, 0.2) is 0 Å². The first kappa shape index (κ1) is 17.1. The quantitative estimate of drug-likeness (QED) is 0.768. The van der Waals surface area contributed by atoms with Gasteiger partial charge in [0.1, 0.15) is 0 Å². The molecule has 116 valence electrons. The predicted molar refractivity (Wildman–Crippen MR) is 88.4 cm³/mol. The Morgan fingerprint density at radius 1 is 1.14 bits per heavy atom. The Balaban J connectivity index is 2.45. The van der Waals surface area contributed by atoms with Crippen molar-refractivity contribution >= 4 is 60.8 Å². The lowest BCUT2D eigenvalue weighted by atomic mass is 10.2. The van der Waals surface area contributed by atoms with E-state index in [1.807, 2.05) is 0 Å². The number of carboxylic acids is 1. The van der Waals surface area contributed by atoms with Crippen LogP contribution in [-0.4, -0.2) is 19.5 Å². The first-order valence-corrected chi connectivity index (χ1v) is 8.74. The molecule has 0 spiro atoms.